The maximum atomic E-state index is 14.0. The van der Waals surface area contributed by atoms with Gasteiger partial charge in [-0.1, -0.05) is 36.4 Å². The second-order valence-corrected chi connectivity index (χ2v) is 13.6. The topological polar surface area (TPSA) is 151 Å². The van der Waals surface area contributed by atoms with Gasteiger partial charge < -0.3 is 30.0 Å². The van der Waals surface area contributed by atoms with Crippen LogP contribution in [0, 0.1) is 0 Å². The number of cyclic esters (lactones) is 1. The number of methoxy groups -OCH3 is 1. The number of nitrogens with one attached hydrogen (secondary N) is 2. The first kappa shape index (κ1) is 36.5. The number of amides is 1. The highest BCUT2D eigenvalue weighted by Gasteiger charge is 2.32. The molecule has 0 radical (unpaired) electrons. The number of rotatable bonds is 10. The SMILES string of the molecule is COc1ccc(C(CC(=O)N[C@@H](CCSC)c2nc3ccccc3[nH]2)c2c(O)cc3c(c2O)C(=O)O[C@@H](C)CCCC(=O)CCCC=C3)cc1. The van der Waals surface area contributed by atoms with E-state index in [1.54, 1.807) is 56.1 Å². The van der Waals surface area contributed by atoms with Crippen LogP contribution >= 0.6 is 11.8 Å². The van der Waals surface area contributed by atoms with Crippen molar-refractivity contribution in [2.75, 3.05) is 19.1 Å². The van der Waals surface area contributed by atoms with Crippen molar-refractivity contribution in [2.24, 2.45) is 0 Å². The lowest BCUT2D eigenvalue weighted by atomic mass is 9.84. The number of phenolic OH excluding ortho intramolecular Hbond substituents is 2. The van der Waals surface area contributed by atoms with Crippen LogP contribution in [0.4, 0.5) is 0 Å². The highest BCUT2D eigenvalue weighted by atomic mass is 32.2. The van der Waals surface area contributed by atoms with Crippen molar-refractivity contribution in [1.29, 1.82) is 0 Å². The van der Waals surface area contributed by atoms with Crippen molar-refractivity contribution in [2.45, 2.75) is 76.4 Å². The summed E-state index contributed by atoms with van der Waals surface area (Å²) in [6.07, 6.45) is 8.62. The van der Waals surface area contributed by atoms with Gasteiger partial charge in [-0.15, -0.1) is 0 Å². The number of ether oxygens (including phenoxy) is 2. The van der Waals surface area contributed by atoms with E-state index in [9.17, 15) is 24.6 Å². The number of fused-ring (bicyclic) bond motifs is 2. The zero-order valence-corrected chi connectivity index (χ0v) is 29.6. The number of ketones is 1. The van der Waals surface area contributed by atoms with Crippen LogP contribution in [0.3, 0.4) is 0 Å². The number of hydrogen-bond donors (Lipinski definition) is 4. The van der Waals surface area contributed by atoms with Gasteiger partial charge in [-0.2, -0.15) is 11.8 Å². The number of imidazole rings is 1. The zero-order chi connectivity index (χ0) is 35.6. The van der Waals surface area contributed by atoms with Crippen molar-refractivity contribution in [3.05, 3.63) is 88.8 Å². The first-order valence-corrected chi connectivity index (χ1v) is 18.4. The molecule has 4 aromatic rings. The van der Waals surface area contributed by atoms with E-state index in [1.807, 2.05) is 36.6 Å². The summed E-state index contributed by atoms with van der Waals surface area (Å²) in [5, 5.41) is 26.6. The molecule has 1 amide bonds. The summed E-state index contributed by atoms with van der Waals surface area (Å²) < 4.78 is 11.1. The lowest BCUT2D eigenvalue weighted by Crippen LogP contribution is -2.31. The molecular weight excluding hydrogens is 655 g/mol. The van der Waals surface area contributed by atoms with Gasteiger partial charge >= 0.3 is 5.97 Å². The van der Waals surface area contributed by atoms with E-state index >= 15 is 0 Å². The predicted octanol–water partition coefficient (Wildman–Crippen LogP) is 7.60. The standard InChI is InChI=1S/C39H45N3O7S/c1-24-10-9-13-27(43)12-6-4-5-11-26-22-33(44)36(37(46)35(26)39(47)49-24)29(25-16-18-28(48-2)19-17-25)23-34(45)40-32(20-21-50-3)38-41-30-14-7-8-15-31(30)42-38/h5,7-8,11,14-19,22,24,29,32,44,46H,4,6,9-10,12-13,20-21,23H2,1-3H3,(H,40,45)(H,41,42)/t24-,29?,32-/m0/s1. The number of aromatic hydroxyl groups is 2. The average Bonchev–Trinajstić information content (AvgIpc) is 3.53. The highest BCUT2D eigenvalue weighted by Crippen LogP contribution is 2.44. The minimum atomic E-state index is -0.851. The predicted molar refractivity (Wildman–Crippen MR) is 196 cm³/mol. The monoisotopic (exact) mass is 699 g/mol. The molecular formula is C39H45N3O7S. The molecule has 50 heavy (non-hydrogen) atoms. The number of aromatic nitrogens is 2. The minimum Gasteiger partial charge on any atom is -0.507 e. The second-order valence-electron chi connectivity index (χ2n) is 12.6. The molecule has 1 aromatic heterocycles. The summed E-state index contributed by atoms with van der Waals surface area (Å²) in [5.74, 6) is -0.461. The van der Waals surface area contributed by atoms with Gasteiger partial charge in [0.25, 0.3) is 0 Å². The number of aromatic amines is 1. The number of H-pyrrole nitrogens is 1. The van der Waals surface area contributed by atoms with Crippen LogP contribution in [-0.2, 0) is 14.3 Å². The molecule has 4 N–H and O–H groups in total. The van der Waals surface area contributed by atoms with Crippen LogP contribution in [0.25, 0.3) is 17.1 Å². The van der Waals surface area contributed by atoms with Crippen molar-refractivity contribution in [3.63, 3.8) is 0 Å². The fourth-order valence-corrected chi connectivity index (χ4v) is 6.80. The van der Waals surface area contributed by atoms with E-state index in [0.717, 1.165) is 16.8 Å². The quantitative estimate of drug-likeness (QED) is 0.123. The number of esters is 1. The molecule has 10 nitrogen and oxygen atoms in total. The molecule has 0 fully saturated rings. The highest BCUT2D eigenvalue weighted by molar-refractivity contribution is 7.98. The molecule has 0 bridgehead atoms. The zero-order valence-electron chi connectivity index (χ0n) is 28.7. The van der Waals surface area contributed by atoms with Crippen molar-refractivity contribution in [1.82, 2.24) is 15.3 Å². The lowest BCUT2D eigenvalue weighted by Gasteiger charge is -2.24. The van der Waals surface area contributed by atoms with Gasteiger partial charge in [-0.05, 0) is 92.5 Å². The van der Waals surface area contributed by atoms with Crippen LogP contribution in [0.1, 0.15) is 103 Å². The molecule has 2 heterocycles. The molecule has 3 aromatic carbocycles. The van der Waals surface area contributed by atoms with E-state index in [4.69, 9.17) is 14.5 Å². The summed E-state index contributed by atoms with van der Waals surface area (Å²) >= 11 is 1.66. The third-order valence-corrected chi connectivity index (χ3v) is 9.63. The van der Waals surface area contributed by atoms with Crippen molar-refractivity contribution < 1.29 is 34.1 Å². The molecule has 3 atom stereocenters. The normalized spacial score (nSPS) is 17.0. The van der Waals surface area contributed by atoms with Crippen molar-refractivity contribution >= 4 is 46.5 Å². The third-order valence-electron chi connectivity index (χ3n) is 8.99. The first-order chi connectivity index (χ1) is 24.2. The molecule has 264 valence electrons. The fraction of sp³-hybridized carbons (Fsp3) is 0.385. The fourth-order valence-electron chi connectivity index (χ4n) is 6.33. The van der Waals surface area contributed by atoms with E-state index in [-0.39, 0.29) is 40.6 Å². The first-order valence-electron chi connectivity index (χ1n) is 17.0. The number of phenols is 2. The van der Waals surface area contributed by atoms with Gasteiger partial charge in [0.15, 0.2) is 0 Å². The molecule has 0 saturated heterocycles. The second kappa shape index (κ2) is 17.2. The van der Waals surface area contributed by atoms with Crippen LogP contribution in [0.5, 0.6) is 17.2 Å². The molecule has 11 heteroatoms. The number of benzene rings is 3. The molecule has 5 rings (SSSR count). The molecule has 1 aliphatic rings. The number of hydrogen-bond acceptors (Lipinski definition) is 9. The smallest absolute Gasteiger partial charge is 0.342 e. The van der Waals surface area contributed by atoms with Crippen molar-refractivity contribution in [3.8, 4) is 17.2 Å². The Hall–Kier alpha value is -4.77. The Morgan fingerprint density at radius 1 is 1.12 bits per heavy atom. The summed E-state index contributed by atoms with van der Waals surface area (Å²) in [4.78, 5) is 48.0. The molecule has 1 unspecified atom stereocenters. The number of carbonyl (C=O) groups is 3. The van der Waals surface area contributed by atoms with Gasteiger partial charge in [0.1, 0.15) is 34.4 Å². The van der Waals surface area contributed by atoms with Gasteiger partial charge in [0.2, 0.25) is 5.91 Å². The van der Waals surface area contributed by atoms with Gasteiger partial charge in [-0.25, -0.2) is 9.78 Å². The summed E-state index contributed by atoms with van der Waals surface area (Å²) in [6, 6.07) is 15.7. The molecule has 0 saturated carbocycles. The number of para-hydroxylation sites is 2. The van der Waals surface area contributed by atoms with Gasteiger partial charge in [0.05, 0.1) is 30.3 Å². The number of allylic oxidation sites excluding steroid dienone is 1. The van der Waals surface area contributed by atoms with Crippen LogP contribution in [-0.4, -0.2) is 63.1 Å². The third kappa shape index (κ3) is 9.06. The van der Waals surface area contributed by atoms with E-state index in [2.05, 4.69) is 10.3 Å². The summed E-state index contributed by atoms with van der Waals surface area (Å²) in [5.41, 5.74) is 2.52. The maximum absolute atomic E-state index is 14.0. The Morgan fingerprint density at radius 3 is 2.62 bits per heavy atom. The van der Waals surface area contributed by atoms with Gasteiger partial charge in [0, 0.05) is 30.7 Å². The number of Topliss-reactive ketones (excluding diaryl/α,β-unsaturated/α-hetero) is 1. The van der Waals surface area contributed by atoms with Crippen LogP contribution in [0.2, 0.25) is 0 Å². The van der Waals surface area contributed by atoms with E-state index < -0.39 is 29.8 Å². The maximum Gasteiger partial charge on any atom is 0.342 e. The Bertz CT molecular complexity index is 1800. The Labute approximate surface area is 296 Å². The van der Waals surface area contributed by atoms with Crippen LogP contribution < -0.4 is 10.1 Å². The number of nitrogens with zero attached hydrogens (tertiary/aromatic N) is 1. The largest absolute Gasteiger partial charge is 0.507 e. The van der Waals surface area contributed by atoms with Crippen LogP contribution in [0.15, 0.2) is 60.7 Å². The van der Waals surface area contributed by atoms with E-state index in [1.165, 1.54) is 6.07 Å². The Balaban J connectivity index is 1.53. The minimum absolute atomic E-state index is 0.0400. The molecule has 1 aliphatic heterocycles. The lowest BCUT2D eigenvalue weighted by molar-refractivity contribution is -0.122. The van der Waals surface area contributed by atoms with Gasteiger partial charge in [-0.3, -0.25) is 9.59 Å². The number of thioether (sulfide) groups is 1. The van der Waals surface area contributed by atoms with E-state index in [0.29, 0.717) is 62.1 Å². The Kier molecular flexibility index (Phi) is 12.6. The molecule has 0 aliphatic carbocycles. The summed E-state index contributed by atoms with van der Waals surface area (Å²) in [6.45, 7) is 1.75. The average molecular weight is 700 g/mol. The number of carbonyl (C=O) groups excluding carboxylic acids is 3. The molecule has 0 spiro atoms. The Morgan fingerprint density at radius 2 is 1.88 bits per heavy atom. The summed E-state index contributed by atoms with van der Waals surface area (Å²) in [7, 11) is 1.55.